The van der Waals surface area contributed by atoms with Crippen molar-refractivity contribution in [3.63, 3.8) is 0 Å². The molecule has 0 saturated heterocycles. The van der Waals surface area contributed by atoms with Gasteiger partial charge in [-0.1, -0.05) is 25.1 Å². The first-order valence-corrected chi connectivity index (χ1v) is 11.2. The van der Waals surface area contributed by atoms with Gasteiger partial charge in [-0.25, -0.2) is 9.97 Å². The lowest BCUT2D eigenvalue weighted by atomic mass is 10.1. The summed E-state index contributed by atoms with van der Waals surface area (Å²) in [6.07, 6.45) is 9.10. The molecule has 5 aromatic heterocycles. The van der Waals surface area contributed by atoms with Crippen molar-refractivity contribution < 1.29 is 4.79 Å². The molecule has 0 spiro atoms. The summed E-state index contributed by atoms with van der Waals surface area (Å²) in [5.41, 5.74) is 7.40. The standard InChI is InChI=1S/C26H20N8O/c1-2-22(35)30-18-9-16(12-28-14-18)17-10-20-24(33-34-25(20)29-13-17)26-31-21-7-3-6-19(23(21)32-26)15-5-4-8-27-11-15/h3-14H,2H2,1H3,(H,30,35)(H,31,32)(H,29,33,34). The van der Waals surface area contributed by atoms with Crippen LogP contribution in [0.25, 0.3) is 55.8 Å². The number of benzene rings is 1. The van der Waals surface area contributed by atoms with Crippen LogP contribution in [0.4, 0.5) is 5.69 Å². The fraction of sp³-hybridized carbons (Fsp3) is 0.0769. The van der Waals surface area contributed by atoms with Crippen LogP contribution < -0.4 is 5.32 Å². The van der Waals surface area contributed by atoms with Gasteiger partial charge in [0.15, 0.2) is 11.5 Å². The number of amides is 1. The highest BCUT2D eigenvalue weighted by molar-refractivity contribution is 5.97. The van der Waals surface area contributed by atoms with Crippen LogP contribution >= 0.6 is 0 Å². The van der Waals surface area contributed by atoms with Crippen molar-refractivity contribution >= 4 is 33.7 Å². The highest BCUT2D eigenvalue weighted by atomic mass is 16.1. The van der Waals surface area contributed by atoms with E-state index in [0.29, 0.717) is 29.3 Å². The third-order valence-electron chi connectivity index (χ3n) is 5.80. The van der Waals surface area contributed by atoms with Gasteiger partial charge in [-0.3, -0.25) is 19.9 Å². The number of H-pyrrole nitrogens is 2. The molecule has 0 bridgehead atoms. The minimum absolute atomic E-state index is 0.0646. The Kier molecular flexibility index (Phi) is 4.99. The van der Waals surface area contributed by atoms with Gasteiger partial charge in [0.1, 0.15) is 5.69 Å². The molecule has 0 radical (unpaired) electrons. The SMILES string of the molecule is CCC(=O)Nc1cncc(-c2cnc3[nH]nc(-c4nc5c(-c6cccnc6)cccc5[nH]4)c3c2)c1. The maximum Gasteiger partial charge on any atom is 0.224 e. The molecule has 35 heavy (non-hydrogen) atoms. The van der Waals surface area contributed by atoms with Crippen molar-refractivity contribution in [2.75, 3.05) is 5.32 Å². The number of aromatic nitrogens is 7. The number of fused-ring (bicyclic) bond motifs is 2. The molecule has 6 rings (SSSR count). The summed E-state index contributed by atoms with van der Waals surface area (Å²) in [5.74, 6) is 0.578. The van der Waals surface area contributed by atoms with Crippen LogP contribution in [0.5, 0.6) is 0 Å². The number of hydrogen-bond donors (Lipinski definition) is 3. The molecule has 0 atom stereocenters. The maximum atomic E-state index is 11.8. The van der Waals surface area contributed by atoms with Gasteiger partial charge in [0.2, 0.25) is 5.91 Å². The molecule has 1 amide bonds. The monoisotopic (exact) mass is 460 g/mol. The van der Waals surface area contributed by atoms with Crippen molar-refractivity contribution in [1.82, 2.24) is 35.1 Å². The maximum absolute atomic E-state index is 11.8. The van der Waals surface area contributed by atoms with E-state index < -0.39 is 0 Å². The third kappa shape index (κ3) is 3.78. The Labute approximate surface area is 199 Å². The number of nitrogens with zero attached hydrogens (tertiary/aromatic N) is 5. The molecule has 170 valence electrons. The van der Waals surface area contributed by atoms with Gasteiger partial charge in [0, 0.05) is 53.5 Å². The van der Waals surface area contributed by atoms with E-state index in [1.165, 1.54) is 0 Å². The zero-order chi connectivity index (χ0) is 23.8. The molecular weight excluding hydrogens is 440 g/mol. The lowest BCUT2D eigenvalue weighted by molar-refractivity contribution is -0.115. The molecular formula is C26H20N8O. The molecule has 9 nitrogen and oxygen atoms in total. The predicted octanol–water partition coefficient (Wildman–Crippen LogP) is 4.97. The number of carbonyl (C=O) groups excluding carboxylic acids is 1. The first-order chi connectivity index (χ1) is 17.2. The van der Waals surface area contributed by atoms with Crippen molar-refractivity contribution in [3.05, 3.63) is 73.4 Å². The van der Waals surface area contributed by atoms with Crippen LogP contribution in [0.3, 0.4) is 0 Å². The van der Waals surface area contributed by atoms with Crippen LogP contribution in [0, 0.1) is 0 Å². The summed E-state index contributed by atoms with van der Waals surface area (Å²) < 4.78 is 0. The first kappa shape index (κ1) is 20.7. The van der Waals surface area contributed by atoms with Crippen LogP contribution in [-0.2, 0) is 4.79 Å². The van der Waals surface area contributed by atoms with Crippen LogP contribution in [0.15, 0.2) is 73.4 Å². The zero-order valence-corrected chi connectivity index (χ0v) is 18.8. The molecule has 6 aromatic rings. The summed E-state index contributed by atoms with van der Waals surface area (Å²) in [7, 11) is 0. The average Bonchev–Trinajstić information content (AvgIpc) is 3.53. The van der Waals surface area contributed by atoms with Gasteiger partial charge in [-0.15, -0.1) is 0 Å². The largest absolute Gasteiger partial charge is 0.337 e. The first-order valence-electron chi connectivity index (χ1n) is 11.2. The van der Waals surface area contributed by atoms with Crippen LogP contribution in [0.1, 0.15) is 13.3 Å². The summed E-state index contributed by atoms with van der Waals surface area (Å²) >= 11 is 0. The van der Waals surface area contributed by atoms with Crippen molar-refractivity contribution in [2.24, 2.45) is 0 Å². The van der Waals surface area contributed by atoms with E-state index in [-0.39, 0.29) is 5.91 Å². The number of para-hydroxylation sites is 1. The normalized spacial score (nSPS) is 11.2. The van der Waals surface area contributed by atoms with Crippen molar-refractivity contribution in [2.45, 2.75) is 13.3 Å². The number of nitrogens with one attached hydrogen (secondary N) is 3. The number of anilines is 1. The molecule has 0 aliphatic heterocycles. The number of imidazole rings is 1. The number of aromatic amines is 2. The predicted molar refractivity (Wildman–Crippen MR) is 134 cm³/mol. The summed E-state index contributed by atoms with van der Waals surface area (Å²) in [6.45, 7) is 1.81. The van der Waals surface area contributed by atoms with E-state index in [2.05, 4.69) is 35.5 Å². The topological polar surface area (TPSA) is 125 Å². The second-order valence-corrected chi connectivity index (χ2v) is 8.09. The summed E-state index contributed by atoms with van der Waals surface area (Å²) in [4.78, 5) is 33.1. The minimum Gasteiger partial charge on any atom is -0.337 e. The minimum atomic E-state index is -0.0646. The van der Waals surface area contributed by atoms with Gasteiger partial charge >= 0.3 is 0 Å². The van der Waals surface area contributed by atoms with Crippen molar-refractivity contribution in [3.8, 4) is 33.8 Å². The Balaban J connectivity index is 1.43. The molecule has 0 aliphatic carbocycles. The molecule has 5 heterocycles. The van der Waals surface area contributed by atoms with Crippen molar-refractivity contribution in [1.29, 1.82) is 0 Å². The average molecular weight is 461 g/mol. The van der Waals surface area contributed by atoms with E-state index in [4.69, 9.17) is 4.98 Å². The molecule has 0 fully saturated rings. The Morgan fingerprint density at radius 2 is 1.86 bits per heavy atom. The summed E-state index contributed by atoms with van der Waals surface area (Å²) in [5, 5.41) is 11.2. The molecule has 0 saturated carbocycles. The van der Waals surface area contributed by atoms with Gasteiger partial charge in [0.05, 0.1) is 28.3 Å². The molecule has 0 unspecified atom stereocenters. The Morgan fingerprint density at radius 1 is 0.971 bits per heavy atom. The fourth-order valence-corrected chi connectivity index (χ4v) is 4.06. The van der Waals surface area contributed by atoms with Gasteiger partial charge in [-0.05, 0) is 24.3 Å². The number of carbonyl (C=O) groups is 1. The lowest BCUT2D eigenvalue weighted by Gasteiger charge is -2.06. The van der Waals surface area contributed by atoms with Crippen LogP contribution in [0.2, 0.25) is 0 Å². The molecule has 0 aliphatic rings. The highest BCUT2D eigenvalue weighted by Gasteiger charge is 2.16. The third-order valence-corrected chi connectivity index (χ3v) is 5.80. The van der Waals surface area contributed by atoms with Gasteiger partial charge < -0.3 is 10.3 Å². The smallest absolute Gasteiger partial charge is 0.224 e. The van der Waals surface area contributed by atoms with E-state index in [0.717, 1.165) is 38.7 Å². The number of pyridine rings is 3. The summed E-state index contributed by atoms with van der Waals surface area (Å²) in [6, 6.07) is 13.8. The number of hydrogen-bond acceptors (Lipinski definition) is 6. The Hall–Kier alpha value is -4.92. The quantitative estimate of drug-likeness (QED) is 0.333. The second kappa shape index (κ2) is 8.45. The van der Waals surface area contributed by atoms with E-state index in [9.17, 15) is 4.79 Å². The van der Waals surface area contributed by atoms with Crippen LogP contribution in [-0.4, -0.2) is 41.0 Å². The highest BCUT2D eigenvalue weighted by Crippen LogP contribution is 2.32. The molecule has 1 aromatic carbocycles. The van der Waals surface area contributed by atoms with E-state index >= 15 is 0 Å². The number of rotatable bonds is 5. The molecule has 3 N–H and O–H groups in total. The Morgan fingerprint density at radius 3 is 2.71 bits per heavy atom. The van der Waals surface area contributed by atoms with E-state index in [1.807, 2.05) is 55.6 Å². The fourth-order valence-electron chi connectivity index (χ4n) is 4.06. The zero-order valence-electron chi connectivity index (χ0n) is 18.8. The second-order valence-electron chi connectivity index (χ2n) is 8.09. The van der Waals surface area contributed by atoms with E-state index in [1.54, 1.807) is 24.8 Å². The lowest BCUT2D eigenvalue weighted by Crippen LogP contribution is -2.09. The van der Waals surface area contributed by atoms with Gasteiger partial charge in [-0.2, -0.15) is 5.10 Å². The Bertz CT molecular complexity index is 1690. The van der Waals surface area contributed by atoms with Gasteiger partial charge in [0.25, 0.3) is 0 Å². The molecule has 9 heteroatoms.